The lowest BCUT2D eigenvalue weighted by Crippen LogP contribution is -2.45. The van der Waals surface area contributed by atoms with E-state index in [1.807, 2.05) is 0 Å². The van der Waals surface area contributed by atoms with Crippen LogP contribution in [-0.2, 0) is 14.3 Å². The van der Waals surface area contributed by atoms with Gasteiger partial charge in [-0.05, 0) is 12.8 Å². The Hall–Kier alpha value is -0.650. The molecule has 13 heavy (non-hydrogen) atoms. The molecule has 1 fully saturated rings. The second kappa shape index (κ2) is 4.55. The van der Waals surface area contributed by atoms with Gasteiger partial charge in [0, 0.05) is 6.92 Å². The molecule has 0 aromatic carbocycles. The van der Waals surface area contributed by atoms with Gasteiger partial charge in [0.1, 0.15) is 6.61 Å². The van der Waals surface area contributed by atoms with Gasteiger partial charge < -0.3 is 20.3 Å². The van der Waals surface area contributed by atoms with Crippen LogP contribution in [0, 0.1) is 0 Å². The van der Waals surface area contributed by atoms with E-state index >= 15 is 0 Å². The first-order valence-electron chi connectivity index (χ1n) is 4.32. The van der Waals surface area contributed by atoms with Crippen LogP contribution >= 0.6 is 0 Å². The molecule has 5 heteroatoms. The third-order valence-corrected chi connectivity index (χ3v) is 1.99. The van der Waals surface area contributed by atoms with Crippen LogP contribution in [0.15, 0.2) is 0 Å². The fourth-order valence-electron chi connectivity index (χ4n) is 1.22. The zero-order valence-electron chi connectivity index (χ0n) is 7.60. The van der Waals surface area contributed by atoms with Crippen LogP contribution in [0.2, 0.25) is 0 Å². The molecule has 0 radical (unpaired) electrons. The van der Waals surface area contributed by atoms with Crippen molar-refractivity contribution in [3.05, 3.63) is 0 Å². The van der Waals surface area contributed by atoms with Crippen molar-refractivity contribution >= 4 is 5.97 Å². The molecule has 1 saturated heterocycles. The van der Waals surface area contributed by atoms with Crippen molar-refractivity contribution in [2.75, 3.05) is 6.61 Å². The number of ether oxygens (including phenoxy) is 2. The molecule has 3 atom stereocenters. The minimum atomic E-state index is -0.936. The van der Waals surface area contributed by atoms with Gasteiger partial charge in [0.25, 0.3) is 0 Å². The second-order valence-electron chi connectivity index (χ2n) is 3.19. The number of carbonyl (C=O) groups excluding carboxylic acids is 1. The molecule has 0 spiro atoms. The van der Waals surface area contributed by atoms with Gasteiger partial charge in [0.15, 0.2) is 6.29 Å². The SMILES string of the molecule is CC(=O)OC[C@@H]1CC[C@@H](N)[C@@H](O)O1. The first-order chi connectivity index (χ1) is 6.09. The van der Waals surface area contributed by atoms with Crippen LogP contribution in [0.4, 0.5) is 0 Å². The van der Waals surface area contributed by atoms with Crippen molar-refractivity contribution in [1.82, 2.24) is 0 Å². The summed E-state index contributed by atoms with van der Waals surface area (Å²) in [6, 6.07) is -0.325. The van der Waals surface area contributed by atoms with Gasteiger partial charge in [-0.3, -0.25) is 4.79 Å². The molecule has 1 heterocycles. The van der Waals surface area contributed by atoms with E-state index in [1.165, 1.54) is 6.92 Å². The zero-order valence-corrected chi connectivity index (χ0v) is 7.60. The molecule has 0 aliphatic carbocycles. The Balaban J connectivity index is 2.25. The van der Waals surface area contributed by atoms with Crippen LogP contribution in [0.3, 0.4) is 0 Å². The van der Waals surface area contributed by atoms with E-state index in [4.69, 9.17) is 15.2 Å². The maximum atomic E-state index is 10.5. The van der Waals surface area contributed by atoms with Gasteiger partial charge in [-0.2, -0.15) is 0 Å². The van der Waals surface area contributed by atoms with Crippen molar-refractivity contribution in [1.29, 1.82) is 0 Å². The Morgan fingerprint density at radius 3 is 2.92 bits per heavy atom. The maximum absolute atomic E-state index is 10.5. The zero-order chi connectivity index (χ0) is 9.84. The van der Waals surface area contributed by atoms with Gasteiger partial charge in [0.05, 0.1) is 12.1 Å². The summed E-state index contributed by atoms with van der Waals surface area (Å²) in [6.45, 7) is 1.53. The Kier molecular flexibility index (Phi) is 3.65. The van der Waals surface area contributed by atoms with Crippen molar-refractivity contribution in [3.8, 4) is 0 Å². The standard InChI is InChI=1S/C8H15NO4/c1-5(10)12-4-6-2-3-7(9)8(11)13-6/h6-8,11H,2-4,9H2,1H3/t6-,7+,8-/m0/s1. The van der Waals surface area contributed by atoms with E-state index in [0.717, 1.165) is 0 Å². The number of hydrogen-bond acceptors (Lipinski definition) is 5. The second-order valence-corrected chi connectivity index (χ2v) is 3.19. The molecule has 0 unspecified atom stereocenters. The molecule has 1 aliphatic heterocycles. The van der Waals surface area contributed by atoms with E-state index < -0.39 is 6.29 Å². The molecule has 3 N–H and O–H groups in total. The van der Waals surface area contributed by atoms with Crippen LogP contribution < -0.4 is 5.73 Å². The number of esters is 1. The number of carbonyl (C=O) groups is 1. The summed E-state index contributed by atoms with van der Waals surface area (Å²) in [5.74, 6) is -0.340. The van der Waals surface area contributed by atoms with Gasteiger partial charge in [-0.1, -0.05) is 0 Å². The molecule has 5 nitrogen and oxygen atoms in total. The lowest BCUT2D eigenvalue weighted by Gasteiger charge is -2.30. The van der Waals surface area contributed by atoms with E-state index in [1.54, 1.807) is 0 Å². The molecule has 0 saturated carbocycles. The molecule has 76 valence electrons. The first-order valence-corrected chi connectivity index (χ1v) is 4.32. The smallest absolute Gasteiger partial charge is 0.302 e. The summed E-state index contributed by atoms with van der Waals surface area (Å²) in [6.07, 6.45) is 0.242. The van der Waals surface area contributed by atoms with Gasteiger partial charge in [0.2, 0.25) is 0 Å². The van der Waals surface area contributed by atoms with Gasteiger partial charge >= 0.3 is 5.97 Å². The fraction of sp³-hybridized carbons (Fsp3) is 0.875. The quantitative estimate of drug-likeness (QED) is 0.565. The number of rotatable bonds is 2. The van der Waals surface area contributed by atoms with Gasteiger partial charge in [-0.25, -0.2) is 0 Å². The molecule has 1 rings (SSSR count). The van der Waals surface area contributed by atoms with Crippen LogP contribution in [0.5, 0.6) is 0 Å². The predicted octanol–water partition coefficient (Wildman–Crippen LogP) is -0.626. The highest BCUT2D eigenvalue weighted by atomic mass is 16.6. The van der Waals surface area contributed by atoms with Crippen molar-refractivity contribution in [3.63, 3.8) is 0 Å². The summed E-state index contributed by atoms with van der Waals surface area (Å²) in [4.78, 5) is 10.5. The average molecular weight is 189 g/mol. The summed E-state index contributed by atoms with van der Waals surface area (Å²) < 4.78 is 9.85. The highest BCUT2D eigenvalue weighted by Crippen LogP contribution is 2.16. The molecule has 1 aliphatic rings. The van der Waals surface area contributed by atoms with Crippen molar-refractivity contribution < 1.29 is 19.4 Å². The number of nitrogens with two attached hydrogens (primary N) is 1. The summed E-state index contributed by atoms with van der Waals surface area (Å²) >= 11 is 0. The van der Waals surface area contributed by atoms with E-state index in [-0.39, 0.29) is 24.7 Å². The molecular formula is C8H15NO4. The lowest BCUT2D eigenvalue weighted by atomic mass is 10.1. The van der Waals surface area contributed by atoms with Crippen LogP contribution in [-0.4, -0.2) is 36.1 Å². The van der Waals surface area contributed by atoms with Crippen molar-refractivity contribution in [2.45, 2.75) is 38.2 Å². The van der Waals surface area contributed by atoms with Crippen LogP contribution in [0.25, 0.3) is 0 Å². The monoisotopic (exact) mass is 189 g/mol. The molecule has 0 aromatic rings. The third kappa shape index (κ3) is 3.30. The largest absolute Gasteiger partial charge is 0.463 e. The van der Waals surface area contributed by atoms with Crippen LogP contribution in [0.1, 0.15) is 19.8 Å². The normalized spacial score (nSPS) is 34.2. The number of aliphatic hydroxyl groups excluding tert-OH is 1. The lowest BCUT2D eigenvalue weighted by molar-refractivity contribution is -0.189. The highest BCUT2D eigenvalue weighted by molar-refractivity contribution is 5.65. The summed E-state index contributed by atoms with van der Waals surface area (Å²) in [5, 5.41) is 9.23. The first kappa shape index (κ1) is 10.4. The molecule has 0 amide bonds. The number of aliphatic hydroxyl groups is 1. The molecular weight excluding hydrogens is 174 g/mol. The Morgan fingerprint density at radius 1 is 1.69 bits per heavy atom. The number of hydrogen-bond donors (Lipinski definition) is 2. The van der Waals surface area contributed by atoms with E-state index in [9.17, 15) is 9.90 Å². The summed E-state index contributed by atoms with van der Waals surface area (Å²) in [7, 11) is 0. The van der Waals surface area contributed by atoms with E-state index in [2.05, 4.69) is 0 Å². The fourth-order valence-corrected chi connectivity index (χ4v) is 1.22. The topological polar surface area (TPSA) is 81.8 Å². The van der Waals surface area contributed by atoms with Gasteiger partial charge in [-0.15, -0.1) is 0 Å². The highest BCUT2D eigenvalue weighted by Gasteiger charge is 2.27. The summed E-state index contributed by atoms with van der Waals surface area (Å²) in [5.41, 5.74) is 5.51. The molecule has 0 aromatic heterocycles. The van der Waals surface area contributed by atoms with E-state index in [0.29, 0.717) is 12.8 Å². The predicted molar refractivity (Wildman–Crippen MR) is 44.7 cm³/mol. The maximum Gasteiger partial charge on any atom is 0.302 e. The average Bonchev–Trinajstić information content (AvgIpc) is 2.07. The van der Waals surface area contributed by atoms with Crippen molar-refractivity contribution in [2.24, 2.45) is 5.73 Å². The Labute approximate surface area is 76.8 Å². The minimum absolute atomic E-state index is 0.194. The Morgan fingerprint density at radius 2 is 2.38 bits per heavy atom. The molecule has 0 bridgehead atoms. The third-order valence-electron chi connectivity index (χ3n) is 1.99. The Bertz CT molecular complexity index is 185. The minimum Gasteiger partial charge on any atom is -0.463 e.